The van der Waals surface area contributed by atoms with Gasteiger partial charge in [-0.05, 0) is 37.3 Å². The van der Waals surface area contributed by atoms with E-state index in [0.717, 1.165) is 11.3 Å². The van der Waals surface area contributed by atoms with Crippen LogP contribution in [0.5, 0.6) is 17.2 Å². The average Bonchev–Trinajstić information content (AvgIpc) is 2.52. The van der Waals surface area contributed by atoms with Gasteiger partial charge in [0.15, 0.2) is 5.78 Å². The Morgan fingerprint density at radius 3 is 2.43 bits per heavy atom. The first-order valence-electron chi connectivity index (χ1n) is 6.58. The van der Waals surface area contributed by atoms with Crippen LogP contribution < -0.4 is 14.2 Å². The van der Waals surface area contributed by atoms with Crippen LogP contribution in [-0.2, 0) is 6.61 Å². The molecular formula is C17H18O4. The molecule has 2 rings (SSSR count). The maximum Gasteiger partial charge on any atom is 0.159 e. The van der Waals surface area contributed by atoms with E-state index in [4.69, 9.17) is 14.2 Å². The van der Waals surface area contributed by atoms with Crippen LogP contribution >= 0.6 is 0 Å². The molecule has 0 aliphatic rings. The molecule has 4 heteroatoms. The normalized spacial score (nSPS) is 10.0. The average molecular weight is 286 g/mol. The summed E-state index contributed by atoms with van der Waals surface area (Å²) in [5.74, 6) is 2.14. The van der Waals surface area contributed by atoms with Crippen molar-refractivity contribution in [3.8, 4) is 17.2 Å². The van der Waals surface area contributed by atoms with Crippen molar-refractivity contribution in [2.45, 2.75) is 13.5 Å². The molecule has 0 saturated heterocycles. The second kappa shape index (κ2) is 6.79. The minimum absolute atomic E-state index is 0.0142. The number of ether oxygens (including phenoxy) is 3. The molecule has 0 saturated carbocycles. The number of ketones is 1. The lowest BCUT2D eigenvalue weighted by molar-refractivity contribution is 0.101. The van der Waals surface area contributed by atoms with Gasteiger partial charge in [-0.1, -0.05) is 6.07 Å². The lowest BCUT2D eigenvalue weighted by atomic mass is 10.1. The molecule has 0 fully saturated rings. The second-order valence-corrected chi connectivity index (χ2v) is 4.55. The third-order valence-electron chi connectivity index (χ3n) is 3.12. The summed E-state index contributed by atoms with van der Waals surface area (Å²) in [5, 5.41) is 0. The molecule has 0 spiro atoms. The zero-order valence-corrected chi connectivity index (χ0v) is 12.4. The van der Waals surface area contributed by atoms with Gasteiger partial charge >= 0.3 is 0 Å². The van der Waals surface area contributed by atoms with Crippen LogP contribution in [0.25, 0.3) is 0 Å². The maximum absolute atomic E-state index is 11.5. The lowest BCUT2D eigenvalue weighted by Gasteiger charge is -2.12. The first-order valence-corrected chi connectivity index (χ1v) is 6.58. The number of Topliss-reactive ketones (excluding diaryl/α,β-unsaturated/α-hetero) is 1. The Morgan fingerprint density at radius 1 is 1.00 bits per heavy atom. The van der Waals surface area contributed by atoms with Crippen LogP contribution in [0.1, 0.15) is 22.8 Å². The molecule has 4 nitrogen and oxygen atoms in total. The number of benzene rings is 2. The van der Waals surface area contributed by atoms with E-state index < -0.39 is 0 Å². The summed E-state index contributed by atoms with van der Waals surface area (Å²) < 4.78 is 16.2. The van der Waals surface area contributed by atoms with Crippen LogP contribution in [0.3, 0.4) is 0 Å². The molecule has 0 aliphatic carbocycles. The van der Waals surface area contributed by atoms with E-state index in [1.54, 1.807) is 38.5 Å². The predicted molar refractivity (Wildman–Crippen MR) is 80.3 cm³/mol. The summed E-state index contributed by atoms with van der Waals surface area (Å²) in [5.41, 5.74) is 1.47. The predicted octanol–water partition coefficient (Wildman–Crippen LogP) is 3.49. The van der Waals surface area contributed by atoms with Gasteiger partial charge in [0.1, 0.15) is 23.9 Å². The third-order valence-corrected chi connectivity index (χ3v) is 3.12. The molecule has 0 unspecified atom stereocenters. The van der Waals surface area contributed by atoms with Crippen LogP contribution in [0.15, 0.2) is 42.5 Å². The summed E-state index contributed by atoms with van der Waals surface area (Å²) in [6, 6.07) is 12.7. The smallest absolute Gasteiger partial charge is 0.159 e. The van der Waals surface area contributed by atoms with Gasteiger partial charge in [0.05, 0.1) is 14.2 Å². The van der Waals surface area contributed by atoms with E-state index in [0.29, 0.717) is 23.7 Å². The Morgan fingerprint density at radius 2 is 1.76 bits per heavy atom. The minimum Gasteiger partial charge on any atom is -0.497 e. The Hall–Kier alpha value is -2.49. The molecule has 0 bridgehead atoms. The molecule has 0 amide bonds. The fourth-order valence-electron chi connectivity index (χ4n) is 1.96. The SMILES string of the molecule is COc1cccc(OCc2cc(C(C)=O)ccc2OC)c1. The van der Waals surface area contributed by atoms with Gasteiger partial charge in [0.2, 0.25) is 0 Å². The lowest BCUT2D eigenvalue weighted by Crippen LogP contribution is -2.02. The Balaban J connectivity index is 2.17. The van der Waals surface area contributed by atoms with Crippen molar-refractivity contribution in [1.82, 2.24) is 0 Å². The summed E-state index contributed by atoms with van der Waals surface area (Å²) in [7, 11) is 3.20. The highest BCUT2D eigenvalue weighted by Crippen LogP contribution is 2.24. The molecular weight excluding hydrogens is 268 g/mol. The molecule has 0 aromatic heterocycles. The minimum atomic E-state index is 0.0142. The number of rotatable bonds is 6. The van der Waals surface area contributed by atoms with Gasteiger partial charge in [0, 0.05) is 17.2 Å². The summed E-state index contributed by atoms with van der Waals surface area (Å²) in [6.45, 7) is 1.85. The van der Waals surface area contributed by atoms with E-state index in [1.807, 2.05) is 18.2 Å². The van der Waals surface area contributed by atoms with E-state index in [-0.39, 0.29) is 5.78 Å². The van der Waals surface area contributed by atoms with Crippen molar-refractivity contribution in [2.75, 3.05) is 14.2 Å². The molecule has 0 aliphatic heterocycles. The highest BCUT2D eigenvalue weighted by Gasteiger charge is 2.08. The monoisotopic (exact) mass is 286 g/mol. The Labute approximate surface area is 124 Å². The first-order chi connectivity index (χ1) is 10.1. The van der Waals surface area contributed by atoms with Gasteiger partial charge in [-0.2, -0.15) is 0 Å². The maximum atomic E-state index is 11.5. The highest BCUT2D eigenvalue weighted by molar-refractivity contribution is 5.94. The Kier molecular flexibility index (Phi) is 4.82. The van der Waals surface area contributed by atoms with Gasteiger partial charge < -0.3 is 14.2 Å². The van der Waals surface area contributed by atoms with Crippen molar-refractivity contribution < 1.29 is 19.0 Å². The molecule has 0 N–H and O–H groups in total. The van der Waals surface area contributed by atoms with E-state index >= 15 is 0 Å². The van der Waals surface area contributed by atoms with Gasteiger partial charge in [-0.15, -0.1) is 0 Å². The molecule has 110 valence electrons. The van der Waals surface area contributed by atoms with Crippen LogP contribution in [0.2, 0.25) is 0 Å². The zero-order valence-electron chi connectivity index (χ0n) is 12.4. The number of carbonyl (C=O) groups is 1. The first kappa shape index (κ1) is 14.9. The second-order valence-electron chi connectivity index (χ2n) is 4.55. The highest BCUT2D eigenvalue weighted by atomic mass is 16.5. The van der Waals surface area contributed by atoms with E-state index in [2.05, 4.69) is 0 Å². The third kappa shape index (κ3) is 3.75. The summed E-state index contributed by atoms with van der Waals surface area (Å²) in [4.78, 5) is 11.5. The van der Waals surface area contributed by atoms with Crippen molar-refractivity contribution in [1.29, 1.82) is 0 Å². The van der Waals surface area contributed by atoms with E-state index in [1.165, 1.54) is 6.92 Å². The summed E-state index contributed by atoms with van der Waals surface area (Å²) >= 11 is 0. The molecule has 0 atom stereocenters. The van der Waals surface area contributed by atoms with Crippen LogP contribution in [0.4, 0.5) is 0 Å². The topological polar surface area (TPSA) is 44.8 Å². The zero-order chi connectivity index (χ0) is 15.2. The number of carbonyl (C=O) groups excluding carboxylic acids is 1. The van der Waals surface area contributed by atoms with Gasteiger partial charge in [0.25, 0.3) is 0 Å². The van der Waals surface area contributed by atoms with Crippen molar-refractivity contribution >= 4 is 5.78 Å². The number of hydrogen-bond donors (Lipinski definition) is 0. The fraction of sp³-hybridized carbons (Fsp3) is 0.235. The number of hydrogen-bond acceptors (Lipinski definition) is 4. The van der Waals surface area contributed by atoms with E-state index in [9.17, 15) is 4.79 Å². The van der Waals surface area contributed by atoms with Gasteiger partial charge in [-0.3, -0.25) is 4.79 Å². The number of methoxy groups -OCH3 is 2. The molecule has 21 heavy (non-hydrogen) atoms. The molecule has 0 radical (unpaired) electrons. The Bertz CT molecular complexity index is 634. The summed E-state index contributed by atoms with van der Waals surface area (Å²) in [6.07, 6.45) is 0. The molecule has 2 aromatic carbocycles. The molecule has 2 aromatic rings. The fourth-order valence-corrected chi connectivity index (χ4v) is 1.96. The van der Waals surface area contributed by atoms with Crippen molar-refractivity contribution in [2.24, 2.45) is 0 Å². The van der Waals surface area contributed by atoms with Crippen molar-refractivity contribution in [3.63, 3.8) is 0 Å². The largest absolute Gasteiger partial charge is 0.497 e. The molecule has 0 heterocycles. The van der Waals surface area contributed by atoms with Crippen molar-refractivity contribution in [3.05, 3.63) is 53.6 Å². The van der Waals surface area contributed by atoms with Crippen LogP contribution in [-0.4, -0.2) is 20.0 Å². The van der Waals surface area contributed by atoms with Gasteiger partial charge in [-0.25, -0.2) is 0 Å². The quantitative estimate of drug-likeness (QED) is 0.763. The standard InChI is InChI=1S/C17H18O4/c1-12(18)13-7-8-17(20-3)14(9-13)11-21-16-6-4-5-15(10-16)19-2/h4-10H,11H2,1-3H3. The van der Waals surface area contributed by atoms with Crippen LogP contribution in [0, 0.1) is 0 Å².